The van der Waals surface area contributed by atoms with Gasteiger partial charge < -0.3 is 4.74 Å². The van der Waals surface area contributed by atoms with E-state index in [2.05, 4.69) is 10.3 Å². The molecular weight excluding hydrogens is 334 g/mol. The molecule has 0 fully saturated rings. The first-order valence-corrected chi connectivity index (χ1v) is 8.58. The normalized spacial score (nSPS) is 10.1. The second-order valence-corrected chi connectivity index (χ2v) is 6.00. The third-order valence-electron chi connectivity index (χ3n) is 3.44. The number of nitrogens with one attached hydrogen (secondary N) is 1. The molecule has 2 aromatic carbocycles. The number of amides is 1. The molecule has 25 heavy (non-hydrogen) atoms. The van der Waals surface area contributed by atoms with Gasteiger partial charge in [0.1, 0.15) is 5.75 Å². The molecule has 1 amide bonds. The Kier molecular flexibility index (Phi) is 5.07. The molecule has 124 valence electrons. The van der Waals surface area contributed by atoms with E-state index in [4.69, 9.17) is 10.00 Å². The molecule has 1 aromatic heterocycles. The van der Waals surface area contributed by atoms with Crippen molar-refractivity contribution in [1.82, 2.24) is 4.98 Å². The molecule has 0 saturated carbocycles. The predicted octanol–water partition coefficient (Wildman–Crippen LogP) is 4.33. The van der Waals surface area contributed by atoms with Crippen molar-refractivity contribution in [2.75, 3.05) is 11.9 Å². The molecule has 0 atom stereocenters. The minimum absolute atomic E-state index is 0.287. The molecule has 0 aliphatic carbocycles. The number of hydrogen-bond acceptors (Lipinski definition) is 5. The molecule has 0 saturated heterocycles. The van der Waals surface area contributed by atoms with Gasteiger partial charge in [0.05, 0.1) is 23.9 Å². The molecule has 0 aliphatic heterocycles. The van der Waals surface area contributed by atoms with E-state index in [9.17, 15) is 4.79 Å². The number of aromatic nitrogens is 1. The van der Waals surface area contributed by atoms with Crippen LogP contribution in [0.5, 0.6) is 5.75 Å². The van der Waals surface area contributed by atoms with Crippen LogP contribution >= 0.6 is 11.3 Å². The molecule has 3 rings (SSSR count). The summed E-state index contributed by atoms with van der Waals surface area (Å²) in [7, 11) is 0. The standard InChI is InChI=1S/C19H15N3O2S/c1-2-24-16-8-6-14(7-9-16)17-12-25-19(21-17)22-18(23)15-5-3-4-13(10-15)11-20/h3-10,12H,2H2,1H3,(H,21,22,23). The number of nitriles is 1. The number of nitrogens with zero attached hydrogens (tertiary/aromatic N) is 2. The first kappa shape index (κ1) is 16.7. The van der Waals surface area contributed by atoms with Crippen LogP contribution in [0.4, 0.5) is 5.13 Å². The average molecular weight is 349 g/mol. The van der Waals surface area contributed by atoms with Crippen LogP contribution in [0.25, 0.3) is 11.3 Å². The molecule has 0 aliphatic rings. The van der Waals surface area contributed by atoms with E-state index in [0.717, 1.165) is 17.0 Å². The minimum Gasteiger partial charge on any atom is -0.494 e. The molecule has 0 spiro atoms. The quantitative estimate of drug-likeness (QED) is 0.744. The van der Waals surface area contributed by atoms with Gasteiger partial charge in [0.15, 0.2) is 5.13 Å². The van der Waals surface area contributed by atoms with Crippen molar-refractivity contribution < 1.29 is 9.53 Å². The minimum atomic E-state index is -0.287. The molecule has 6 heteroatoms. The maximum absolute atomic E-state index is 12.3. The van der Waals surface area contributed by atoms with Crippen molar-refractivity contribution in [2.24, 2.45) is 0 Å². The fourth-order valence-electron chi connectivity index (χ4n) is 2.25. The van der Waals surface area contributed by atoms with Gasteiger partial charge in [-0.25, -0.2) is 4.98 Å². The number of rotatable bonds is 5. The van der Waals surface area contributed by atoms with Crippen LogP contribution in [-0.2, 0) is 0 Å². The van der Waals surface area contributed by atoms with Crippen molar-refractivity contribution in [3.63, 3.8) is 0 Å². The summed E-state index contributed by atoms with van der Waals surface area (Å²) in [5.74, 6) is 0.525. The highest BCUT2D eigenvalue weighted by Crippen LogP contribution is 2.26. The SMILES string of the molecule is CCOc1ccc(-c2csc(NC(=O)c3cccc(C#N)c3)n2)cc1. The number of carbonyl (C=O) groups is 1. The van der Waals surface area contributed by atoms with Gasteiger partial charge in [-0.1, -0.05) is 6.07 Å². The highest BCUT2D eigenvalue weighted by Gasteiger charge is 2.10. The van der Waals surface area contributed by atoms with E-state index >= 15 is 0 Å². The molecule has 1 N–H and O–H groups in total. The van der Waals surface area contributed by atoms with Crippen LogP contribution in [-0.4, -0.2) is 17.5 Å². The largest absolute Gasteiger partial charge is 0.494 e. The van der Waals surface area contributed by atoms with E-state index < -0.39 is 0 Å². The Morgan fingerprint density at radius 1 is 1.28 bits per heavy atom. The van der Waals surface area contributed by atoms with Gasteiger partial charge in [-0.3, -0.25) is 10.1 Å². The summed E-state index contributed by atoms with van der Waals surface area (Å²) in [6.45, 7) is 2.56. The van der Waals surface area contributed by atoms with Crippen molar-refractivity contribution in [1.29, 1.82) is 5.26 Å². The van der Waals surface area contributed by atoms with Crippen LogP contribution in [0.15, 0.2) is 53.9 Å². The number of hydrogen-bond donors (Lipinski definition) is 1. The van der Waals surface area contributed by atoms with Gasteiger partial charge in [0.25, 0.3) is 5.91 Å². The first-order valence-electron chi connectivity index (χ1n) is 7.70. The van der Waals surface area contributed by atoms with Gasteiger partial charge >= 0.3 is 0 Å². The maximum Gasteiger partial charge on any atom is 0.257 e. The lowest BCUT2D eigenvalue weighted by Crippen LogP contribution is -2.11. The van der Waals surface area contributed by atoms with Gasteiger partial charge in [-0.2, -0.15) is 5.26 Å². The Labute approximate surface area is 149 Å². The van der Waals surface area contributed by atoms with Crippen molar-refractivity contribution in [3.8, 4) is 23.1 Å². The zero-order valence-electron chi connectivity index (χ0n) is 13.5. The maximum atomic E-state index is 12.3. The first-order chi connectivity index (χ1) is 12.2. The lowest BCUT2D eigenvalue weighted by molar-refractivity contribution is 0.102. The Morgan fingerprint density at radius 2 is 2.08 bits per heavy atom. The number of thiazole rings is 1. The molecular formula is C19H15N3O2S. The molecule has 0 unspecified atom stereocenters. The third-order valence-corrected chi connectivity index (χ3v) is 4.20. The Hall–Kier alpha value is -3.17. The number of carbonyl (C=O) groups excluding carboxylic acids is 1. The fourth-order valence-corrected chi connectivity index (χ4v) is 2.97. The summed E-state index contributed by atoms with van der Waals surface area (Å²) < 4.78 is 5.42. The van der Waals surface area contributed by atoms with E-state index in [0.29, 0.717) is 22.9 Å². The summed E-state index contributed by atoms with van der Waals surface area (Å²) in [5, 5.41) is 14.1. The summed E-state index contributed by atoms with van der Waals surface area (Å²) in [5.41, 5.74) is 2.61. The zero-order chi connectivity index (χ0) is 17.6. The van der Waals surface area contributed by atoms with E-state index in [1.165, 1.54) is 11.3 Å². The molecule has 0 radical (unpaired) electrons. The summed E-state index contributed by atoms with van der Waals surface area (Å²) in [6, 6.07) is 16.2. The van der Waals surface area contributed by atoms with E-state index in [1.807, 2.05) is 42.6 Å². The smallest absolute Gasteiger partial charge is 0.257 e. The summed E-state index contributed by atoms with van der Waals surface area (Å²) >= 11 is 1.35. The molecule has 5 nitrogen and oxygen atoms in total. The van der Waals surface area contributed by atoms with E-state index in [1.54, 1.807) is 24.3 Å². The Morgan fingerprint density at radius 3 is 2.80 bits per heavy atom. The monoisotopic (exact) mass is 349 g/mol. The molecule has 0 bridgehead atoms. The highest BCUT2D eigenvalue weighted by atomic mass is 32.1. The number of ether oxygens (including phenoxy) is 1. The van der Waals surface area contributed by atoms with Crippen LogP contribution in [0.2, 0.25) is 0 Å². The third kappa shape index (κ3) is 4.03. The topological polar surface area (TPSA) is 75.0 Å². The van der Waals surface area contributed by atoms with Gasteiger partial charge in [0, 0.05) is 16.5 Å². The number of anilines is 1. The average Bonchev–Trinajstić information content (AvgIpc) is 3.11. The van der Waals surface area contributed by atoms with Crippen molar-refractivity contribution in [3.05, 3.63) is 65.0 Å². The van der Waals surface area contributed by atoms with Crippen LogP contribution in [0.1, 0.15) is 22.8 Å². The van der Waals surface area contributed by atoms with Crippen LogP contribution in [0.3, 0.4) is 0 Å². The van der Waals surface area contributed by atoms with Crippen LogP contribution < -0.4 is 10.1 Å². The molecule has 1 heterocycles. The van der Waals surface area contributed by atoms with Gasteiger partial charge in [0.2, 0.25) is 0 Å². The van der Waals surface area contributed by atoms with Gasteiger partial charge in [-0.05, 0) is 49.4 Å². The predicted molar refractivity (Wildman–Crippen MR) is 97.8 cm³/mol. The second-order valence-electron chi connectivity index (χ2n) is 5.14. The van der Waals surface area contributed by atoms with Crippen molar-refractivity contribution in [2.45, 2.75) is 6.92 Å². The number of benzene rings is 2. The lowest BCUT2D eigenvalue weighted by Gasteiger charge is -2.03. The Balaban J connectivity index is 1.73. The zero-order valence-corrected chi connectivity index (χ0v) is 14.3. The highest BCUT2D eigenvalue weighted by molar-refractivity contribution is 7.14. The van der Waals surface area contributed by atoms with Crippen molar-refractivity contribution >= 4 is 22.4 Å². The Bertz CT molecular complexity index is 926. The summed E-state index contributed by atoms with van der Waals surface area (Å²) in [6.07, 6.45) is 0. The molecule has 3 aromatic rings. The van der Waals surface area contributed by atoms with Gasteiger partial charge in [-0.15, -0.1) is 11.3 Å². The lowest BCUT2D eigenvalue weighted by atomic mass is 10.1. The fraction of sp³-hybridized carbons (Fsp3) is 0.105. The summed E-state index contributed by atoms with van der Waals surface area (Å²) in [4.78, 5) is 16.7. The van der Waals surface area contributed by atoms with E-state index in [-0.39, 0.29) is 5.91 Å². The van der Waals surface area contributed by atoms with Crippen LogP contribution in [0, 0.1) is 11.3 Å². The second kappa shape index (κ2) is 7.60.